The van der Waals surface area contributed by atoms with E-state index in [1.165, 1.54) is 27.8 Å². The zero-order valence-corrected chi connectivity index (χ0v) is 10.2. The molecule has 0 saturated carbocycles. The average Bonchev–Trinajstić information content (AvgIpc) is 2.30. The fourth-order valence-electron chi connectivity index (χ4n) is 2.01. The van der Waals surface area contributed by atoms with Gasteiger partial charge in [-0.3, -0.25) is 0 Å². The molecule has 0 N–H and O–H groups in total. The molecule has 0 spiro atoms. The van der Waals surface area contributed by atoms with Gasteiger partial charge in [-0.1, -0.05) is 55.0 Å². The molecule has 16 heavy (non-hydrogen) atoms. The van der Waals surface area contributed by atoms with E-state index >= 15 is 0 Å². The van der Waals surface area contributed by atoms with Crippen molar-refractivity contribution in [2.24, 2.45) is 0 Å². The second kappa shape index (κ2) is 4.52. The monoisotopic (exact) mass is 210 g/mol. The maximum atomic E-state index is 2.31. The minimum Gasteiger partial charge on any atom is -0.0614 e. The Bertz CT molecular complexity index is 495. The molecular formula is C16H18. The van der Waals surface area contributed by atoms with Crippen molar-refractivity contribution in [2.45, 2.75) is 27.2 Å². The van der Waals surface area contributed by atoms with Crippen molar-refractivity contribution >= 4 is 0 Å². The standard InChI is InChI=1S/C16H18/c1-4-14-9-8-13(3)16(11-14)15-7-5-6-12(2)10-15/h5-11H,4H2,1-3H3. The third-order valence-corrected chi connectivity index (χ3v) is 3.04. The summed E-state index contributed by atoms with van der Waals surface area (Å²) in [6.07, 6.45) is 1.10. The molecule has 0 bridgehead atoms. The SMILES string of the molecule is CCc1ccc(C)c(-c2cccc(C)c2)c1. The predicted octanol–water partition coefficient (Wildman–Crippen LogP) is 4.53. The molecule has 0 saturated heterocycles. The number of aryl methyl sites for hydroxylation is 3. The van der Waals surface area contributed by atoms with Crippen molar-refractivity contribution in [3.8, 4) is 11.1 Å². The van der Waals surface area contributed by atoms with Crippen molar-refractivity contribution in [3.05, 3.63) is 59.2 Å². The smallest absolute Gasteiger partial charge is 0.0152 e. The van der Waals surface area contributed by atoms with Crippen LogP contribution in [0.1, 0.15) is 23.6 Å². The van der Waals surface area contributed by atoms with Crippen LogP contribution in [0.3, 0.4) is 0 Å². The molecule has 0 aliphatic rings. The van der Waals surface area contributed by atoms with Crippen molar-refractivity contribution in [1.29, 1.82) is 0 Å². The Morgan fingerprint density at radius 1 is 0.938 bits per heavy atom. The summed E-state index contributed by atoms with van der Waals surface area (Å²) < 4.78 is 0. The first kappa shape index (κ1) is 10.9. The van der Waals surface area contributed by atoms with Crippen molar-refractivity contribution in [3.63, 3.8) is 0 Å². The average molecular weight is 210 g/mol. The van der Waals surface area contributed by atoms with Crippen molar-refractivity contribution < 1.29 is 0 Å². The second-order valence-corrected chi connectivity index (χ2v) is 4.37. The molecule has 2 rings (SSSR count). The molecule has 0 nitrogen and oxygen atoms in total. The number of rotatable bonds is 2. The normalized spacial score (nSPS) is 10.4. The second-order valence-electron chi connectivity index (χ2n) is 4.37. The molecule has 0 aromatic heterocycles. The molecule has 0 unspecified atom stereocenters. The van der Waals surface area contributed by atoms with Gasteiger partial charge in [-0.05, 0) is 42.5 Å². The fraction of sp³-hybridized carbons (Fsp3) is 0.250. The highest BCUT2D eigenvalue weighted by atomic mass is 14.1. The molecule has 82 valence electrons. The number of hydrogen-bond donors (Lipinski definition) is 0. The zero-order valence-electron chi connectivity index (χ0n) is 10.2. The van der Waals surface area contributed by atoms with E-state index in [1.807, 2.05) is 0 Å². The third kappa shape index (κ3) is 2.16. The van der Waals surface area contributed by atoms with Crippen LogP contribution in [-0.4, -0.2) is 0 Å². The van der Waals surface area contributed by atoms with Gasteiger partial charge < -0.3 is 0 Å². The first-order valence-corrected chi connectivity index (χ1v) is 5.87. The summed E-state index contributed by atoms with van der Waals surface area (Å²) in [7, 11) is 0. The maximum Gasteiger partial charge on any atom is -0.0152 e. The van der Waals surface area contributed by atoms with E-state index in [0.717, 1.165) is 6.42 Å². The van der Waals surface area contributed by atoms with Gasteiger partial charge in [0.2, 0.25) is 0 Å². The molecule has 0 atom stereocenters. The number of hydrogen-bond acceptors (Lipinski definition) is 0. The zero-order chi connectivity index (χ0) is 11.5. The van der Waals surface area contributed by atoms with Crippen LogP contribution in [0.2, 0.25) is 0 Å². The van der Waals surface area contributed by atoms with Crippen molar-refractivity contribution in [2.75, 3.05) is 0 Å². The van der Waals surface area contributed by atoms with Gasteiger partial charge in [-0.15, -0.1) is 0 Å². The number of benzene rings is 2. The lowest BCUT2D eigenvalue weighted by Gasteiger charge is -2.09. The van der Waals surface area contributed by atoms with Gasteiger partial charge in [0.15, 0.2) is 0 Å². The molecule has 2 aromatic rings. The van der Waals surface area contributed by atoms with E-state index in [2.05, 4.69) is 63.2 Å². The van der Waals surface area contributed by atoms with E-state index < -0.39 is 0 Å². The third-order valence-electron chi connectivity index (χ3n) is 3.04. The Hall–Kier alpha value is -1.56. The summed E-state index contributed by atoms with van der Waals surface area (Å²) >= 11 is 0. The van der Waals surface area contributed by atoms with Gasteiger partial charge in [0, 0.05) is 0 Å². The van der Waals surface area contributed by atoms with Gasteiger partial charge >= 0.3 is 0 Å². The first-order chi connectivity index (χ1) is 7.70. The predicted molar refractivity (Wildman–Crippen MR) is 70.7 cm³/mol. The topological polar surface area (TPSA) is 0 Å². The highest BCUT2D eigenvalue weighted by Crippen LogP contribution is 2.25. The maximum absolute atomic E-state index is 2.31. The molecule has 2 aromatic carbocycles. The van der Waals surface area contributed by atoms with Gasteiger partial charge in [0.05, 0.1) is 0 Å². The van der Waals surface area contributed by atoms with Crippen LogP contribution in [0, 0.1) is 13.8 Å². The quantitative estimate of drug-likeness (QED) is 0.683. The Morgan fingerprint density at radius 2 is 1.75 bits per heavy atom. The Kier molecular flexibility index (Phi) is 3.09. The first-order valence-electron chi connectivity index (χ1n) is 5.87. The molecule has 0 aliphatic heterocycles. The van der Waals surface area contributed by atoms with Crippen LogP contribution in [0.4, 0.5) is 0 Å². The molecule has 0 fully saturated rings. The van der Waals surface area contributed by atoms with Crippen LogP contribution in [-0.2, 0) is 6.42 Å². The van der Waals surface area contributed by atoms with Crippen LogP contribution in [0.25, 0.3) is 11.1 Å². The Labute approximate surface area is 97.9 Å². The van der Waals surface area contributed by atoms with Crippen molar-refractivity contribution in [1.82, 2.24) is 0 Å². The van der Waals surface area contributed by atoms with E-state index in [1.54, 1.807) is 0 Å². The lowest BCUT2D eigenvalue weighted by Crippen LogP contribution is -1.87. The van der Waals surface area contributed by atoms with E-state index in [9.17, 15) is 0 Å². The summed E-state index contributed by atoms with van der Waals surface area (Å²) in [5.41, 5.74) is 6.76. The Morgan fingerprint density at radius 3 is 2.44 bits per heavy atom. The van der Waals surface area contributed by atoms with Crippen LogP contribution >= 0.6 is 0 Å². The molecular weight excluding hydrogens is 192 g/mol. The minimum atomic E-state index is 1.10. The Balaban J connectivity index is 2.54. The molecule has 0 amide bonds. The van der Waals surface area contributed by atoms with Gasteiger partial charge in [-0.25, -0.2) is 0 Å². The fourth-order valence-corrected chi connectivity index (χ4v) is 2.01. The van der Waals surface area contributed by atoms with E-state index in [0.29, 0.717) is 0 Å². The summed E-state index contributed by atoms with van der Waals surface area (Å²) in [4.78, 5) is 0. The minimum absolute atomic E-state index is 1.10. The summed E-state index contributed by atoms with van der Waals surface area (Å²) in [6, 6.07) is 15.5. The van der Waals surface area contributed by atoms with Crippen LogP contribution in [0.5, 0.6) is 0 Å². The molecule has 0 aliphatic carbocycles. The van der Waals surface area contributed by atoms with E-state index in [4.69, 9.17) is 0 Å². The van der Waals surface area contributed by atoms with Crippen LogP contribution < -0.4 is 0 Å². The van der Waals surface area contributed by atoms with Gasteiger partial charge in [0.25, 0.3) is 0 Å². The molecule has 0 radical (unpaired) electrons. The highest BCUT2D eigenvalue weighted by molar-refractivity contribution is 5.68. The lowest BCUT2D eigenvalue weighted by molar-refractivity contribution is 1.14. The van der Waals surface area contributed by atoms with Gasteiger partial charge in [-0.2, -0.15) is 0 Å². The molecule has 0 heterocycles. The summed E-state index contributed by atoms with van der Waals surface area (Å²) in [6.45, 7) is 6.52. The molecule has 0 heteroatoms. The van der Waals surface area contributed by atoms with Crippen LogP contribution in [0.15, 0.2) is 42.5 Å². The highest BCUT2D eigenvalue weighted by Gasteiger charge is 2.02. The van der Waals surface area contributed by atoms with E-state index in [-0.39, 0.29) is 0 Å². The summed E-state index contributed by atoms with van der Waals surface area (Å²) in [5, 5.41) is 0. The largest absolute Gasteiger partial charge is 0.0614 e. The summed E-state index contributed by atoms with van der Waals surface area (Å²) in [5.74, 6) is 0. The lowest BCUT2D eigenvalue weighted by atomic mass is 9.96. The van der Waals surface area contributed by atoms with Gasteiger partial charge in [0.1, 0.15) is 0 Å².